The number of benzene rings is 2. The molecule has 1 heterocycles. The summed E-state index contributed by atoms with van der Waals surface area (Å²) in [5.74, 6) is 1.19. The fourth-order valence-electron chi connectivity index (χ4n) is 3.73. The number of thioether (sulfide) groups is 1. The number of carbonyl (C=O) groups is 1. The van der Waals surface area contributed by atoms with Gasteiger partial charge < -0.3 is 0 Å². The molecule has 2 aromatic rings. The Balaban J connectivity index is 1.94. The number of cyclic esters (lactones) is 1. The van der Waals surface area contributed by atoms with E-state index in [9.17, 15) is 9.90 Å². The predicted molar refractivity (Wildman–Crippen MR) is 119 cm³/mol. The third-order valence-corrected chi connectivity index (χ3v) is 9.15. The van der Waals surface area contributed by atoms with E-state index in [0.717, 1.165) is 17.1 Å². The summed E-state index contributed by atoms with van der Waals surface area (Å²) < 4.78 is 12.9. The molecule has 4 nitrogen and oxygen atoms in total. The third kappa shape index (κ3) is 4.83. The number of rotatable bonds is 9. The van der Waals surface area contributed by atoms with Gasteiger partial charge in [-0.15, -0.1) is 0 Å². The molecule has 1 N–H and O–H groups in total. The van der Waals surface area contributed by atoms with Gasteiger partial charge in [0.15, 0.2) is 0 Å². The first-order valence-corrected chi connectivity index (χ1v) is 13.0. The van der Waals surface area contributed by atoms with Crippen LogP contribution in [0.2, 0.25) is 5.32 Å². The number of esters is 1. The Morgan fingerprint density at radius 3 is 2.66 bits per heavy atom. The summed E-state index contributed by atoms with van der Waals surface area (Å²) in [7, 11) is 1.71. The van der Waals surface area contributed by atoms with Crippen LogP contribution < -0.4 is 9.20 Å². The van der Waals surface area contributed by atoms with Crippen LogP contribution in [0.3, 0.4) is 0 Å². The number of hydrogen-bond acceptors (Lipinski definition) is 5. The molecule has 1 aliphatic rings. The number of ether oxygens (including phenoxy) is 2. The van der Waals surface area contributed by atoms with E-state index in [1.54, 1.807) is 7.11 Å². The van der Waals surface area contributed by atoms with Crippen molar-refractivity contribution < 1.29 is 19.4 Å². The molecule has 0 aliphatic carbocycles. The molecule has 0 aromatic heterocycles. The maximum atomic E-state index is 12.4. The van der Waals surface area contributed by atoms with E-state index in [0.29, 0.717) is 17.0 Å². The van der Waals surface area contributed by atoms with Crippen molar-refractivity contribution in [1.29, 1.82) is 0 Å². The first kappa shape index (κ1) is 22.2. The molecule has 156 valence electrons. The number of methoxy groups -OCH3 is 1. The Kier molecular flexibility index (Phi) is 7.69. The van der Waals surface area contributed by atoms with E-state index in [2.05, 4.69) is 19.9 Å². The summed E-state index contributed by atoms with van der Waals surface area (Å²) in [6.07, 6.45) is 0.512. The Morgan fingerprint density at radius 1 is 1.28 bits per heavy atom. The summed E-state index contributed by atoms with van der Waals surface area (Å²) in [5, 5.41) is 10.7. The summed E-state index contributed by atoms with van der Waals surface area (Å²) >= 11 is 1.94. The Morgan fingerprint density at radius 2 is 2.03 bits per heavy atom. The summed E-state index contributed by atoms with van der Waals surface area (Å²) in [5.41, 5.74) is 1.60. The van der Waals surface area contributed by atoms with E-state index < -0.39 is 11.5 Å². The normalized spacial score (nSPS) is 22.3. The van der Waals surface area contributed by atoms with Gasteiger partial charge in [0.05, 0.1) is 0 Å². The molecule has 0 saturated carbocycles. The Hall–Kier alpha value is -1.46. The summed E-state index contributed by atoms with van der Waals surface area (Å²) in [6.45, 7) is 4.22. The van der Waals surface area contributed by atoms with Crippen LogP contribution in [0.15, 0.2) is 48.5 Å². The van der Waals surface area contributed by atoms with Crippen molar-refractivity contribution in [2.24, 2.45) is 5.92 Å². The molecule has 0 unspecified atom stereocenters. The van der Waals surface area contributed by atoms with Crippen molar-refractivity contribution in [1.82, 2.24) is 0 Å². The van der Waals surface area contributed by atoms with Crippen LogP contribution in [-0.2, 0) is 15.1 Å². The molecule has 6 heteroatoms. The van der Waals surface area contributed by atoms with Crippen LogP contribution in [0.4, 0.5) is 0 Å². The van der Waals surface area contributed by atoms with Crippen molar-refractivity contribution in [3.63, 3.8) is 0 Å². The van der Waals surface area contributed by atoms with Crippen LogP contribution in [0.25, 0.3) is 0 Å². The number of aliphatic hydroxyl groups is 1. The molecule has 1 aliphatic heterocycles. The van der Waals surface area contributed by atoms with Gasteiger partial charge in [0, 0.05) is 0 Å². The fourth-order valence-corrected chi connectivity index (χ4v) is 7.76. The van der Waals surface area contributed by atoms with Gasteiger partial charge in [-0.3, -0.25) is 0 Å². The van der Waals surface area contributed by atoms with Gasteiger partial charge in [-0.25, -0.2) is 0 Å². The molecular weight excluding hydrogens is 451 g/mol. The molecule has 0 amide bonds. The SMILES string of the molecule is CCS[C@H](C)c1cccc(OC)c1[Se]C[C@]1(c2ccccc2)C[C@H](CO)C(=O)O1. The zero-order valence-corrected chi connectivity index (χ0v) is 19.6. The molecule has 3 atom stereocenters. The van der Waals surface area contributed by atoms with Gasteiger partial charge in [-0.2, -0.15) is 0 Å². The van der Waals surface area contributed by atoms with Gasteiger partial charge in [0.25, 0.3) is 0 Å². The second kappa shape index (κ2) is 10.0. The van der Waals surface area contributed by atoms with Crippen LogP contribution in [-0.4, -0.2) is 45.5 Å². The van der Waals surface area contributed by atoms with Crippen LogP contribution in [0, 0.1) is 5.92 Å². The summed E-state index contributed by atoms with van der Waals surface area (Å²) in [6, 6.07) is 16.2. The van der Waals surface area contributed by atoms with E-state index in [1.165, 1.54) is 10.0 Å². The fraction of sp³-hybridized carbons (Fsp3) is 0.435. The topological polar surface area (TPSA) is 55.8 Å². The number of aliphatic hydroxyl groups excluding tert-OH is 1. The molecular formula is C23H28O4SSe. The van der Waals surface area contributed by atoms with Crippen molar-refractivity contribution in [3.05, 3.63) is 59.7 Å². The molecule has 1 saturated heterocycles. The van der Waals surface area contributed by atoms with Gasteiger partial charge in [-0.1, -0.05) is 0 Å². The Labute approximate surface area is 183 Å². The van der Waals surface area contributed by atoms with E-state index in [4.69, 9.17) is 9.47 Å². The second-order valence-electron chi connectivity index (χ2n) is 7.13. The third-order valence-electron chi connectivity index (χ3n) is 5.26. The molecule has 0 spiro atoms. The molecule has 1 fully saturated rings. The van der Waals surface area contributed by atoms with E-state index in [-0.39, 0.29) is 27.5 Å². The molecule has 0 radical (unpaired) electrons. The number of carbonyl (C=O) groups excluding carboxylic acids is 1. The zero-order valence-electron chi connectivity index (χ0n) is 17.1. The monoisotopic (exact) mass is 480 g/mol. The van der Waals surface area contributed by atoms with E-state index in [1.807, 2.05) is 54.2 Å². The van der Waals surface area contributed by atoms with Crippen molar-refractivity contribution >= 4 is 37.1 Å². The predicted octanol–water partition coefficient (Wildman–Crippen LogP) is 3.71. The van der Waals surface area contributed by atoms with Crippen LogP contribution in [0.1, 0.15) is 36.6 Å². The Bertz CT molecular complexity index is 829. The van der Waals surface area contributed by atoms with Gasteiger partial charge >= 0.3 is 184 Å². The molecule has 29 heavy (non-hydrogen) atoms. The molecule has 3 rings (SSSR count). The average Bonchev–Trinajstić information content (AvgIpc) is 3.09. The quantitative estimate of drug-likeness (QED) is 0.439. The number of hydrogen-bond donors (Lipinski definition) is 1. The first-order chi connectivity index (χ1) is 14.0. The van der Waals surface area contributed by atoms with Crippen LogP contribution >= 0.6 is 11.8 Å². The maximum absolute atomic E-state index is 12.4. The van der Waals surface area contributed by atoms with Crippen molar-refractivity contribution in [2.75, 3.05) is 19.5 Å². The van der Waals surface area contributed by atoms with Gasteiger partial charge in [0.1, 0.15) is 0 Å². The van der Waals surface area contributed by atoms with E-state index >= 15 is 0 Å². The second-order valence-corrected chi connectivity index (χ2v) is 10.8. The van der Waals surface area contributed by atoms with Crippen molar-refractivity contribution in [2.45, 2.75) is 36.4 Å². The standard InChI is InChI=1S/C23H28O4SSe/c1-4-28-16(2)19-11-8-12-20(26-3)21(19)29-15-23(18-9-6-5-7-10-18)13-17(14-24)22(25)27-23/h5-12,16-17,24H,4,13-15H2,1-3H3/t16-,17-,23+/m1/s1. The van der Waals surface area contributed by atoms with Gasteiger partial charge in [-0.05, 0) is 0 Å². The first-order valence-electron chi connectivity index (χ1n) is 9.85. The molecule has 2 aromatic carbocycles. The molecule has 0 bridgehead atoms. The minimum absolute atomic E-state index is 0.0327. The zero-order chi connectivity index (χ0) is 20.9. The van der Waals surface area contributed by atoms with Crippen LogP contribution in [0.5, 0.6) is 5.75 Å². The average molecular weight is 480 g/mol. The van der Waals surface area contributed by atoms with Gasteiger partial charge in [0.2, 0.25) is 0 Å². The van der Waals surface area contributed by atoms with Crippen molar-refractivity contribution in [3.8, 4) is 5.75 Å². The summed E-state index contributed by atoms with van der Waals surface area (Å²) in [4.78, 5) is 12.4. The minimum atomic E-state index is -0.689.